The summed E-state index contributed by atoms with van der Waals surface area (Å²) in [5.41, 5.74) is 6.20. The van der Waals surface area contributed by atoms with Crippen LogP contribution in [0.25, 0.3) is 0 Å². The van der Waals surface area contributed by atoms with Crippen molar-refractivity contribution < 1.29 is 0 Å². The highest BCUT2D eigenvalue weighted by atomic mass is 15.1. The number of nitrogens with zero attached hydrogens (tertiary/aromatic N) is 1. The van der Waals surface area contributed by atoms with Gasteiger partial charge in [-0.15, -0.1) is 0 Å². The molecular weight excluding hydrogens is 90.1 g/mol. The van der Waals surface area contributed by atoms with Crippen molar-refractivity contribution in [2.24, 2.45) is 5.73 Å². The number of aromatic nitrogens is 2. The molecule has 0 spiro atoms. The normalized spacial score (nSPS) is 9.29. The molecule has 1 aromatic heterocycles. The third-order valence-electron chi connectivity index (χ3n) is 0.778. The zero-order chi connectivity index (χ0) is 5.11. The minimum absolute atomic E-state index is 0.542. The van der Waals surface area contributed by atoms with E-state index >= 15 is 0 Å². The zero-order valence-corrected chi connectivity index (χ0v) is 3.89. The number of nitrogens with one attached hydrogen (secondary N) is 1. The van der Waals surface area contributed by atoms with E-state index in [2.05, 4.69) is 10.2 Å². The first-order chi connectivity index (χ1) is 3.43. The highest BCUT2D eigenvalue weighted by molar-refractivity contribution is 4.95. The summed E-state index contributed by atoms with van der Waals surface area (Å²) in [6, 6.07) is 1.85. The summed E-state index contributed by atoms with van der Waals surface area (Å²) in [6.45, 7) is 0.542. The smallest absolute Gasteiger partial charge is 0.0490 e. The van der Waals surface area contributed by atoms with E-state index in [1.54, 1.807) is 6.20 Å². The van der Waals surface area contributed by atoms with Gasteiger partial charge < -0.3 is 5.73 Å². The molecule has 0 aliphatic heterocycles. The maximum atomic E-state index is 5.22. The Morgan fingerprint density at radius 2 is 2.71 bits per heavy atom. The molecule has 0 amide bonds. The first kappa shape index (κ1) is 4.33. The van der Waals surface area contributed by atoms with Gasteiger partial charge in [-0.1, -0.05) is 0 Å². The first-order valence-corrected chi connectivity index (χ1v) is 2.12. The van der Waals surface area contributed by atoms with Gasteiger partial charge in [-0.05, 0) is 6.07 Å². The van der Waals surface area contributed by atoms with Crippen molar-refractivity contribution >= 4 is 0 Å². The summed E-state index contributed by atoms with van der Waals surface area (Å²) in [4.78, 5) is 0. The molecule has 0 fully saturated rings. The lowest BCUT2D eigenvalue weighted by Gasteiger charge is -1.80. The lowest BCUT2D eigenvalue weighted by Crippen LogP contribution is -1.95. The minimum atomic E-state index is 0.542. The summed E-state index contributed by atoms with van der Waals surface area (Å²) in [5, 5.41) is 6.40. The summed E-state index contributed by atoms with van der Waals surface area (Å²) in [7, 11) is 0. The second kappa shape index (κ2) is 1.75. The standard InChI is InChI=1S/C4H7N3/c5-3-4-1-2-6-7-4/h1-2H,3,5H2,(H,6,7). The van der Waals surface area contributed by atoms with Crippen LogP contribution in [0.2, 0.25) is 0 Å². The molecule has 0 unspecified atom stereocenters. The van der Waals surface area contributed by atoms with Crippen LogP contribution in [0, 0.1) is 0 Å². The van der Waals surface area contributed by atoms with Crippen LogP contribution >= 0.6 is 0 Å². The maximum absolute atomic E-state index is 5.22. The van der Waals surface area contributed by atoms with Crippen LogP contribution in [-0.4, -0.2) is 10.2 Å². The molecule has 0 aliphatic rings. The van der Waals surface area contributed by atoms with Crippen LogP contribution in [0.3, 0.4) is 0 Å². The lowest BCUT2D eigenvalue weighted by atomic mass is 10.5. The fourth-order valence-corrected chi connectivity index (χ4v) is 0.398. The molecule has 0 saturated heterocycles. The number of aromatic amines is 1. The second-order valence-electron chi connectivity index (χ2n) is 1.29. The Morgan fingerprint density at radius 3 is 3.00 bits per heavy atom. The zero-order valence-electron chi connectivity index (χ0n) is 3.89. The minimum Gasteiger partial charge on any atom is -0.325 e. The molecular formula is C4H7N3. The molecule has 1 aromatic rings. The number of nitrogens with two attached hydrogens (primary N) is 1. The predicted molar refractivity (Wildman–Crippen MR) is 26.5 cm³/mol. The van der Waals surface area contributed by atoms with Crippen LogP contribution in [0.1, 0.15) is 5.69 Å². The van der Waals surface area contributed by atoms with Gasteiger partial charge >= 0.3 is 0 Å². The summed E-state index contributed by atoms with van der Waals surface area (Å²) < 4.78 is 0. The summed E-state index contributed by atoms with van der Waals surface area (Å²) in [6.07, 6.45) is 1.68. The van der Waals surface area contributed by atoms with E-state index in [9.17, 15) is 0 Å². The molecule has 0 aromatic carbocycles. The highest BCUT2D eigenvalue weighted by Crippen LogP contribution is 1.84. The molecule has 0 atom stereocenters. The molecule has 0 saturated carbocycles. The highest BCUT2D eigenvalue weighted by Gasteiger charge is 1.82. The molecule has 3 heteroatoms. The number of hydrogen-bond acceptors (Lipinski definition) is 2. The van der Waals surface area contributed by atoms with Crippen molar-refractivity contribution in [3.63, 3.8) is 0 Å². The number of rotatable bonds is 1. The Balaban J connectivity index is 2.76. The van der Waals surface area contributed by atoms with E-state index in [-0.39, 0.29) is 0 Å². The Labute approximate surface area is 41.5 Å². The Bertz CT molecular complexity index is 121. The predicted octanol–water partition coefficient (Wildman–Crippen LogP) is -0.132. The fourth-order valence-electron chi connectivity index (χ4n) is 0.398. The van der Waals surface area contributed by atoms with Crippen molar-refractivity contribution in [3.8, 4) is 0 Å². The van der Waals surface area contributed by atoms with Gasteiger partial charge in [-0.2, -0.15) is 5.10 Å². The van der Waals surface area contributed by atoms with Crippen molar-refractivity contribution in [3.05, 3.63) is 18.0 Å². The molecule has 1 heterocycles. The van der Waals surface area contributed by atoms with E-state index in [4.69, 9.17) is 5.73 Å². The molecule has 3 nitrogen and oxygen atoms in total. The largest absolute Gasteiger partial charge is 0.325 e. The summed E-state index contributed by atoms with van der Waals surface area (Å²) in [5.74, 6) is 0. The van der Waals surface area contributed by atoms with E-state index in [1.807, 2.05) is 6.07 Å². The van der Waals surface area contributed by atoms with E-state index < -0.39 is 0 Å². The molecule has 1 rings (SSSR count). The molecule has 0 aliphatic carbocycles. The Kier molecular flexibility index (Phi) is 1.08. The fraction of sp³-hybridized carbons (Fsp3) is 0.250. The van der Waals surface area contributed by atoms with Crippen molar-refractivity contribution in [1.29, 1.82) is 0 Å². The van der Waals surface area contributed by atoms with E-state index in [0.29, 0.717) is 6.54 Å². The van der Waals surface area contributed by atoms with E-state index in [1.165, 1.54) is 0 Å². The van der Waals surface area contributed by atoms with Crippen LogP contribution in [0.15, 0.2) is 12.3 Å². The average Bonchev–Trinajstić information content (AvgIpc) is 2.14. The van der Waals surface area contributed by atoms with Crippen LogP contribution in [0.4, 0.5) is 0 Å². The van der Waals surface area contributed by atoms with Gasteiger partial charge in [0, 0.05) is 18.4 Å². The quantitative estimate of drug-likeness (QED) is 0.512. The van der Waals surface area contributed by atoms with Crippen molar-refractivity contribution in [2.75, 3.05) is 0 Å². The summed E-state index contributed by atoms with van der Waals surface area (Å²) >= 11 is 0. The van der Waals surface area contributed by atoms with Crippen molar-refractivity contribution in [2.45, 2.75) is 6.54 Å². The maximum Gasteiger partial charge on any atom is 0.0490 e. The topological polar surface area (TPSA) is 54.7 Å². The molecule has 38 valence electrons. The second-order valence-corrected chi connectivity index (χ2v) is 1.29. The lowest BCUT2D eigenvalue weighted by molar-refractivity contribution is 0.947. The number of hydrogen-bond donors (Lipinski definition) is 2. The van der Waals surface area contributed by atoms with Gasteiger partial charge in [0.05, 0.1) is 0 Å². The van der Waals surface area contributed by atoms with Gasteiger partial charge in [0.15, 0.2) is 0 Å². The van der Waals surface area contributed by atoms with E-state index in [0.717, 1.165) is 5.69 Å². The van der Waals surface area contributed by atoms with Gasteiger partial charge in [0.2, 0.25) is 0 Å². The first-order valence-electron chi connectivity index (χ1n) is 2.12. The van der Waals surface area contributed by atoms with Crippen LogP contribution in [-0.2, 0) is 6.54 Å². The third kappa shape index (κ3) is 0.778. The number of H-pyrrole nitrogens is 1. The van der Waals surface area contributed by atoms with Gasteiger partial charge in [0.1, 0.15) is 0 Å². The molecule has 3 N–H and O–H groups in total. The SMILES string of the molecule is NCc1ccn[nH]1. The molecule has 0 radical (unpaired) electrons. The Hall–Kier alpha value is -0.830. The average molecular weight is 97.1 g/mol. The van der Waals surface area contributed by atoms with Gasteiger partial charge in [0.25, 0.3) is 0 Å². The van der Waals surface area contributed by atoms with Crippen molar-refractivity contribution in [1.82, 2.24) is 10.2 Å². The van der Waals surface area contributed by atoms with Gasteiger partial charge in [-0.3, -0.25) is 5.10 Å². The van der Waals surface area contributed by atoms with Crippen LogP contribution < -0.4 is 5.73 Å². The third-order valence-corrected chi connectivity index (χ3v) is 0.778. The Morgan fingerprint density at radius 1 is 1.86 bits per heavy atom. The van der Waals surface area contributed by atoms with Crippen LogP contribution in [0.5, 0.6) is 0 Å². The van der Waals surface area contributed by atoms with Gasteiger partial charge in [-0.25, -0.2) is 0 Å². The monoisotopic (exact) mass is 97.1 g/mol. The molecule has 0 bridgehead atoms. The molecule has 7 heavy (non-hydrogen) atoms.